The molecule has 1 N–H and O–H groups in total. The molecule has 2 atom stereocenters. The van der Waals surface area contributed by atoms with E-state index in [1.165, 1.54) is 24.8 Å². The van der Waals surface area contributed by atoms with E-state index in [9.17, 15) is 0 Å². The summed E-state index contributed by atoms with van der Waals surface area (Å²) in [5, 5.41) is 3.41. The van der Waals surface area contributed by atoms with Gasteiger partial charge >= 0.3 is 0 Å². The van der Waals surface area contributed by atoms with Crippen molar-refractivity contribution < 1.29 is 4.74 Å². The molecule has 5 heteroatoms. The van der Waals surface area contributed by atoms with Crippen LogP contribution in [-0.2, 0) is 11.3 Å². The molecule has 0 bridgehead atoms. The number of pyridine rings is 1. The third kappa shape index (κ3) is 2.85. The van der Waals surface area contributed by atoms with Gasteiger partial charge in [0.05, 0.1) is 18.8 Å². The first-order chi connectivity index (χ1) is 9.79. The fourth-order valence-electron chi connectivity index (χ4n) is 3.31. The van der Waals surface area contributed by atoms with E-state index < -0.39 is 0 Å². The van der Waals surface area contributed by atoms with Gasteiger partial charge < -0.3 is 15.0 Å². The molecule has 2 unspecified atom stereocenters. The molecule has 20 heavy (non-hydrogen) atoms. The Balaban J connectivity index is 1.87. The minimum absolute atomic E-state index is 0.404. The number of rotatable bonds is 4. The second-order valence-corrected chi connectivity index (χ2v) is 6.43. The van der Waals surface area contributed by atoms with Gasteiger partial charge in [0.15, 0.2) is 0 Å². The Morgan fingerprint density at radius 1 is 1.50 bits per heavy atom. The zero-order chi connectivity index (χ0) is 13.9. The minimum atomic E-state index is 0.404. The van der Waals surface area contributed by atoms with Gasteiger partial charge in [-0.25, -0.2) is 4.98 Å². The highest BCUT2D eigenvalue weighted by Gasteiger charge is 2.37. The van der Waals surface area contributed by atoms with Crippen molar-refractivity contribution in [3.05, 3.63) is 22.3 Å². The summed E-state index contributed by atoms with van der Waals surface area (Å²) in [4.78, 5) is 7.17. The Labute approximate surface area is 129 Å². The maximum absolute atomic E-state index is 5.90. The van der Waals surface area contributed by atoms with E-state index >= 15 is 0 Å². The lowest BCUT2D eigenvalue weighted by molar-refractivity contribution is 0.0252. The average molecular weight is 340 g/mol. The summed E-state index contributed by atoms with van der Waals surface area (Å²) in [6.45, 7) is 5.75. The van der Waals surface area contributed by atoms with Gasteiger partial charge in [0.1, 0.15) is 5.82 Å². The van der Waals surface area contributed by atoms with Crippen molar-refractivity contribution in [2.24, 2.45) is 0 Å². The summed E-state index contributed by atoms with van der Waals surface area (Å²) in [6.07, 6.45) is 6.00. The van der Waals surface area contributed by atoms with E-state index in [0.717, 1.165) is 36.5 Å². The normalized spacial score (nSPS) is 25.8. The topological polar surface area (TPSA) is 37.4 Å². The summed E-state index contributed by atoms with van der Waals surface area (Å²) in [5.74, 6) is 1.13. The average Bonchev–Trinajstić information content (AvgIpc) is 2.94. The largest absolute Gasteiger partial charge is 0.374 e. The number of halogens is 1. The number of hydrogen-bond donors (Lipinski definition) is 1. The van der Waals surface area contributed by atoms with Gasteiger partial charge in [-0.1, -0.05) is 6.92 Å². The molecule has 1 aliphatic heterocycles. The summed E-state index contributed by atoms with van der Waals surface area (Å²) in [7, 11) is 0. The molecule has 1 saturated carbocycles. The van der Waals surface area contributed by atoms with Gasteiger partial charge in [-0.2, -0.15) is 0 Å². The summed E-state index contributed by atoms with van der Waals surface area (Å²) in [5.41, 5.74) is 1.27. The van der Waals surface area contributed by atoms with Crippen molar-refractivity contribution in [2.45, 2.75) is 44.9 Å². The van der Waals surface area contributed by atoms with Crippen molar-refractivity contribution >= 4 is 21.7 Å². The first-order valence-corrected chi connectivity index (χ1v) is 8.32. The molecule has 1 aliphatic carbocycles. The maximum Gasteiger partial charge on any atom is 0.133 e. The van der Waals surface area contributed by atoms with Crippen LogP contribution in [0, 0.1) is 0 Å². The van der Waals surface area contributed by atoms with Gasteiger partial charge in [0.2, 0.25) is 0 Å². The Morgan fingerprint density at radius 2 is 2.40 bits per heavy atom. The molecular weight excluding hydrogens is 318 g/mol. The Morgan fingerprint density at radius 3 is 3.25 bits per heavy atom. The second kappa shape index (κ2) is 6.41. The molecule has 0 amide bonds. The quantitative estimate of drug-likeness (QED) is 0.915. The Hall–Kier alpha value is -0.650. The number of anilines is 1. The van der Waals surface area contributed by atoms with Crippen molar-refractivity contribution in [3.8, 4) is 0 Å². The first-order valence-electron chi connectivity index (χ1n) is 7.53. The predicted molar refractivity (Wildman–Crippen MR) is 84.0 cm³/mol. The van der Waals surface area contributed by atoms with E-state index in [2.05, 4.69) is 39.1 Å². The number of nitrogens with one attached hydrogen (secondary N) is 1. The van der Waals surface area contributed by atoms with E-state index in [1.807, 2.05) is 6.20 Å². The number of hydrogen-bond acceptors (Lipinski definition) is 4. The van der Waals surface area contributed by atoms with Crippen LogP contribution in [0.1, 0.15) is 31.7 Å². The molecule has 2 heterocycles. The SMILES string of the molecule is CCNCc1cc(Br)cnc1N1CCOC2CCCC21. The lowest BCUT2D eigenvalue weighted by Gasteiger charge is -2.39. The summed E-state index contributed by atoms with van der Waals surface area (Å²) >= 11 is 3.54. The van der Waals surface area contributed by atoms with Crippen LogP contribution in [0.15, 0.2) is 16.7 Å². The van der Waals surface area contributed by atoms with Gasteiger partial charge in [-0.15, -0.1) is 0 Å². The lowest BCUT2D eigenvalue weighted by atomic mass is 10.1. The lowest BCUT2D eigenvalue weighted by Crippen LogP contribution is -2.49. The van der Waals surface area contributed by atoms with Crippen LogP contribution in [0.25, 0.3) is 0 Å². The van der Waals surface area contributed by atoms with E-state index in [1.54, 1.807) is 0 Å². The Bertz CT molecular complexity index is 468. The van der Waals surface area contributed by atoms with Crippen LogP contribution in [-0.4, -0.2) is 36.8 Å². The van der Waals surface area contributed by atoms with Crippen LogP contribution in [0.3, 0.4) is 0 Å². The standard InChI is InChI=1S/C15H22BrN3O/c1-2-17-9-11-8-12(16)10-18-15(11)19-6-7-20-14-5-3-4-13(14)19/h8,10,13-14,17H,2-7,9H2,1H3. The van der Waals surface area contributed by atoms with Gasteiger partial charge in [-0.05, 0) is 47.8 Å². The Kier molecular flexibility index (Phi) is 4.58. The minimum Gasteiger partial charge on any atom is -0.374 e. The molecule has 1 saturated heterocycles. The first kappa shape index (κ1) is 14.3. The molecule has 4 nitrogen and oxygen atoms in total. The number of aromatic nitrogens is 1. The molecule has 0 radical (unpaired) electrons. The van der Waals surface area contributed by atoms with Gasteiger partial charge in [-0.3, -0.25) is 0 Å². The zero-order valence-electron chi connectivity index (χ0n) is 11.9. The summed E-state index contributed by atoms with van der Waals surface area (Å²) < 4.78 is 6.95. The number of fused-ring (bicyclic) bond motifs is 1. The number of ether oxygens (including phenoxy) is 1. The molecule has 3 rings (SSSR count). The number of nitrogens with zero attached hydrogens (tertiary/aromatic N) is 2. The van der Waals surface area contributed by atoms with Crippen LogP contribution >= 0.6 is 15.9 Å². The molecule has 1 aromatic rings. The third-order valence-electron chi connectivity index (χ3n) is 4.23. The van der Waals surface area contributed by atoms with Crippen LogP contribution in [0.2, 0.25) is 0 Å². The second-order valence-electron chi connectivity index (χ2n) is 5.52. The molecule has 110 valence electrons. The van der Waals surface area contributed by atoms with E-state index in [0.29, 0.717) is 12.1 Å². The van der Waals surface area contributed by atoms with Crippen molar-refractivity contribution in [1.29, 1.82) is 0 Å². The van der Waals surface area contributed by atoms with Gasteiger partial charge in [0, 0.05) is 29.3 Å². The molecule has 1 aromatic heterocycles. The predicted octanol–water partition coefficient (Wildman–Crippen LogP) is 2.71. The maximum atomic E-state index is 5.90. The summed E-state index contributed by atoms with van der Waals surface area (Å²) in [6, 6.07) is 2.70. The van der Waals surface area contributed by atoms with Crippen molar-refractivity contribution in [2.75, 3.05) is 24.6 Å². The molecule has 0 aromatic carbocycles. The van der Waals surface area contributed by atoms with E-state index in [4.69, 9.17) is 9.72 Å². The van der Waals surface area contributed by atoms with Crippen molar-refractivity contribution in [3.63, 3.8) is 0 Å². The fourth-order valence-corrected chi connectivity index (χ4v) is 3.69. The molecule has 2 fully saturated rings. The van der Waals surface area contributed by atoms with Gasteiger partial charge in [0.25, 0.3) is 0 Å². The van der Waals surface area contributed by atoms with Crippen molar-refractivity contribution in [1.82, 2.24) is 10.3 Å². The smallest absolute Gasteiger partial charge is 0.133 e. The molecule has 2 aliphatic rings. The molecular formula is C15H22BrN3O. The highest BCUT2D eigenvalue weighted by atomic mass is 79.9. The van der Waals surface area contributed by atoms with Crippen LogP contribution < -0.4 is 10.2 Å². The van der Waals surface area contributed by atoms with Crippen LogP contribution in [0.4, 0.5) is 5.82 Å². The monoisotopic (exact) mass is 339 g/mol. The van der Waals surface area contributed by atoms with Crippen LogP contribution in [0.5, 0.6) is 0 Å². The highest BCUT2D eigenvalue weighted by Crippen LogP contribution is 2.34. The highest BCUT2D eigenvalue weighted by molar-refractivity contribution is 9.10. The zero-order valence-corrected chi connectivity index (χ0v) is 13.5. The van der Waals surface area contributed by atoms with E-state index in [-0.39, 0.29) is 0 Å². The fraction of sp³-hybridized carbons (Fsp3) is 0.667. The molecule has 0 spiro atoms. The number of morpholine rings is 1. The third-order valence-corrected chi connectivity index (χ3v) is 4.66.